The van der Waals surface area contributed by atoms with Crippen LogP contribution in [0.2, 0.25) is 0 Å². The number of nitrogens with zero attached hydrogens (tertiary/aromatic N) is 1. The molecule has 1 aromatic carbocycles. The highest BCUT2D eigenvalue weighted by molar-refractivity contribution is 6.05. The normalized spacial score (nSPS) is 11.9. The van der Waals surface area contributed by atoms with Gasteiger partial charge in [-0.1, -0.05) is 18.2 Å². The van der Waals surface area contributed by atoms with Crippen molar-refractivity contribution in [3.63, 3.8) is 0 Å². The van der Waals surface area contributed by atoms with E-state index in [0.29, 0.717) is 28.5 Å². The lowest BCUT2D eigenvalue weighted by atomic mass is 10.0. The summed E-state index contributed by atoms with van der Waals surface area (Å²) >= 11 is 0. The molecule has 0 bridgehead atoms. The Labute approximate surface area is 168 Å². The van der Waals surface area contributed by atoms with Gasteiger partial charge in [0.2, 0.25) is 11.7 Å². The van der Waals surface area contributed by atoms with Crippen LogP contribution < -0.4 is 0 Å². The molecule has 3 rings (SSSR count). The lowest BCUT2D eigenvalue weighted by molar-refractivity contribution is 0.0310. The molecular weight excluding hydrogens is 372 g/mol. The minimum absolute atomic E-state index is 0.0207. The summed E-state index contributed by atoms with van der Waals surface area (Å²) in [5, 5.41) is 0. The van der Waals surface area contributed by atoms with E-state index in [-0.39, 0.29) is 17.2 Å². The number of carbonyl (C=O) groups excluding carboxylic acids is 3. The van der Waals surface area contributed by atoms with E-state index in [2.05, 4.69) is 9.97 Å². The van der Waals surface area contributed by atoms with Crippen LogP contribution in [0.4, 0.5) is 0 Å². The summed E-state index contributed by atoms with van der Waals surface area (Å²) in [5.74, 6) is -0.695. The fourth-order valence-electron chi connectivity index (χ4n) is 3.29. The van der Waals surface area contributed by atoms with Crippen molar-refractivity contribution in [2.45, 2.75) is 40.7 Å². The molecule has 2 heterocycles. The molecule has 0 spiro atoms. The Morgan fingerprint density at radius 1 is 1.10 bits per heavy atom. The number of rotatable bonds is 6. The summed E-state index contributed by atoms with van der Waals surface area (Å²) in [6.07, 6.45) is -1.06. The zero-order chi connectivity index (χ0) is 21.3. The summed E-state index contributed by atoms with van der Waals surface area (Å²) in [5.41, 5.74) is 2.64. The maximum absolute atomic E-state index is 12.8. The summed E-state index contributed by atoms with van der Waals surface area (Å²) in [4.78, 5) is 44.3. The molecule has 1 N–H and O–H groups in total. The van der Waals surface area contributed by atoms with Gasteiger partial charge in [-0.15, -0.1) is 0 Å². The molecule has 0 radical (unpaired) electrons. The topological polar surface area (TPSA) is 102 Å². The van der Waals surface area contributed by atoms with Gasteiger partial charge in [-0.3, -0.25) is 9.59 Å². The number of aromatic amines is 1. The highest BCUT2D eigenvalue weighted by Crippen LogP contribution is 2.23. The van der Waals surface area contributed by atoms with Gasteiger partial charge in [0.05, 0.1) is 5.69 Å². The number of esters is 1. The minimum Gasteiger partial charge on any atom is -0.449 e. The minimum atomic E-state index is -1.06. The molecule has 1 atom stereocenters. The molecule has 0 aliphatic rings. The number of hydrogen-bond acceptors (Lipinski definition) is 6. The van der Waals surface area contributed by atoms with Crippen LogP contribution in [0.3, 0.4) is 0 Å². The van der Waals surface area contributed by atoms with E-state index >= 15 is 0 Å². The molecular formula is C22H22N2O5. The van der Waals surface area contributed by atoms with Crippen LogP contribution in [0.15, 0.2) is 34.7 Å². The van der Waals surface area contributed by atoms with Crippen molar-refractivity contribution in [2.75, 3.05) is 0 Å². The van der Waals surface area contributed by atoms with Crippen molar-refractivity contribution in [1.82, 2.24) is 9.97 Å². The number of aromatic nitrogens is 2. The Morgan fingerprint density at radius 3 is 2.34 bits per heavy atom. The van der Waals surface area contributed by atoms with Crippen LogP contribution in [0.1, 0.15) is 62.2 Å². The summed E-state index contributed by atoms with van der Waals surface area (Å²) in [6, 6.07) is 9.17. The SMILES string of the molecule is CC(=O)c1c(C)[nH]c(C(=O)[C@@H](C)OC(=O)c2nc(-c3ccccc3)oc2C)c1C. The lowest BCUT2D eigenvalue weighted by Crippen LogP contribution is -2.25. The molecule has 0 saturated heterocycles. The van der Waals surface area contributed by atoms with Gasteiger partial charge >= 0.3 is 5.97 Å². The maximum atomic E-state index is 12.8. The largest absolute Gasteiger partial charge is 0.449 e. The Balaban J connectivity index is 1.79. The molecule has 0 amide bonds. The quantitative estimate of drug-likeness (QED) is 0.496. The van der Waals surface area contributed by atoms with E-state index in [1.54, 1.807) is 20.8 Å². The van der Waals surface area contributed by atoms with Crippen LogP contribution in [0.5, 0.6) is 0 Å². The van der Waals surface area contributed by atoms with Gasteiger partial charge in [0, 0.05) is 16.8 Å². The number of aryl methyl sites for hydroxylation is 2. The average molecular weight is 394 g/mol. The fourth-order valence-corrected chi connectivity index (χ4v) is 3.29. The molecule has 2 aromatic heterocycles. The molecule has 29 heavy (non-hydrogen) atoms. The molecule has 0 fully saturated rings. The van der Waals surface area contributed by atoms with Crippen molar-refractivity contribution in [3.8, 4) is 11.5 Å². The molecule has 0 saturated carbocycles. The summed E-state index contributed by atoms with van der Waals surface area (Å²) in [7, 11) is 0. The van der Waals surface area contributed by atoms with Gasteiger partial charge in [-0.05, 0) is 52.3 Å². The molecule has 7 nitrogen and oxygen atoms in total. The molecule has 7 heteroatoms. The van der Waals surface area contributed by atoms with E-state index in [1.807, 2.05) is 30.3 Å². The Hall–Kier alpha value is -3.48. The fraction of sp³-hybridized carbons (Fsp3) is 0.273. The number of Topliss-reactive ketones (excluding diaryl/α,β-unsaturated/α-hetero) is 2. The van der Waals surface area contributed by atoms with E-state index in [4.69, 9.17) is 9.15 Å². The van der Waals surface area contributed by atoms with Crippen LogP contribution in [0.25, 0.3) is 11.5 Å². The molecule has 150 valence electrons. The monoisotopic (exact) mass is 394 g/mol. The molecule has 0 aliphatic carbocycles. The number of benzene rings is 1. The molecule has 0 aliphatic heterocycles. The number of ketones is 2. The maximum Gasteiger partial charge on any atom is 0.361 e. The van der Waals surface area contributed by atoms with Crippen molar-refractivity contribution in [1.29, 1.82) is 0 Å². The standard InChI is InChI=1S/C22H22N2O5/c1-11-17(13(3)25)12(2)23-18(11)20(26)15(5)29-22(27)19-14(4)28-21(24-19)16-9-7-6-8-10-16/h6-10,15,23H,1-5H3/t15-/m1/s1. The first-order valence-corrected chi connectivity index (χ1v) is 9.18. The van der Waals surface area contributed by atoms with Crippen molar-refractivity contribution in [2.24, 2.45) is 0 Å². The number of carbonyl (C=O) groups is 3. The summed E-state index contributed by atoms with van der Waals surface area (Å²) in [6.45, 7) is 7.95. The number of H-pyrrole nitrogens is 1. The predicted octanol–water partition coefficient (Wildman–Crippen LogP) is 4.23. The number of ether oxygens (including phenoxy) is 1. The third kappa shape index (κ3) is 3.89. The Kier molecular flexibility index (Phi) is 5.50. The highest BCUT2D eigenvalue weighted by atomic mass is 16.5. The predicted molar refractivity (Wildman–Crippen MR) is 106 cm³/mol. The number of nitrogens with one attached hydrogen (secondary N) is 1. The van der Waals surface area contributed by atoms with Gasteiger partial charge in [-0.2, -0.15) is 0 Å². The first-order chi connectivity index (χ1) is 13.7. The second-order valence-corrected chi connectivity index (χ2v) is 6.88. The van der Waals surface area contributed by atoms with Crippen LogP contribution in [-0.4, -0.2) is 33.6 Å². The zero-order valence-corrected chi connectivity index (χ0v) is 17.0. The second-order valence-electron chi connectivity index (χ2n) is 6.88. The summed E-state index contributed by atoms with van der Waals surface area (Å²) < 4.78 is 10.9. The average Bonchev–Trinajstić information content (AvgIpc) is 3.21. The lowest BCUT2D eigenvalue weighted by Gasteiger charge is -2.11. The van der Waals surface area contributed by atoms with E-state index in [1.165, 1.54) is 13.8 Å². The van der Waals surface area contributed by atoms with Gasteiger partial charge < -0.3 is 14.1 Å². The molecule has 3 aromatic rings. The van der Waals surface area contributed by atoms with Crippen molar-refractivity contribution in [3.05, 3.63) is 64.3 Å². The van der Waals surface area contributed by atoms with Gasteiger partial charge in [0.1, 0.15) is 5.76 Å². The Bertz CT molecular complexity index is 1090. The zero-order valence-electron chi connectivity index (χ0n) is 17.0. The Morgan fingerprint density at radius 2 is 1.76 bits per heavy atom. The van der Waals surface area contributed by atoms with Crippen LogP contribution in [0, 0.1) is 20.8 Å². The van der Waals surface area contributed by atoms with Crippen molar-refractivity contribution >= 4 is 17.5 Å². The number of hydrogen-bond donors (Lipinski definition) is 1. The third-order valence-corrected chi connectivity index (χ3v) is 4.70. The van der Waals surface area contributed by atoms with Crippen LogP contribution >= 0.6 is 0 Å². The first-order valence-electron chi connectivity index (χ1n) is 9.18. The second kappa shape index (κ2) is 7.87. The van der Waals surface area contributed by atoms with Crippen molar-refractivity contribution < 1.29 is 23.5 Å². The smallest absolute Gasteiger partial charge is 0.361 e. The van der Waals surface area contributed by atoms with E-state index in [0.717, 1.165) is 5.56 Å². The number of oxazole rings is 1. The van der Waals surface area contributed by atoms with Gasteiger partial charge in [-0.25, -0.2) is 9.78 Å². The molecule has 0 unspecified atom stereocenters. The van der Waals surface area contributed by atoms with Gasteiger partial charge in [0.15, 0.2) is 17.6 Å². The van der Waals surface area contributed by atoms with Gasteiger partial charge in [0.25, 0.3) is 0 Å². The van der Waals surface area contributed by atoms with E-state index in [9.17, 15) is 14.4 Å². The third-order valence-electron chi connectivity index (χ3n) is 4.70. The van der Waals surface area contributed by atoms with Crippen LogP contribution in [-0.2, 0) is 4.74 Å². The first kappa shape index (κ1) is 20.3. The highest BCUT2D eigenvalue weighted by Gasteiger charge is 2.28. The van der Waals surface area contributed by atoms with E-state index < -0.39 is 17.9 Å².